The number of sulfone groups is 1. The normalized spacial score (nSPS) is 13.1. The van der Waals surface area contributed by atoms with E-state index in [4.69, 9.17) is 5.11 Å². The van der Waals surface area contributed by atoms with E-state index in [9.17, 15) is 21.6 Å². The van der Waals surface area contributed by atoms with Crippen LogP contribution < -0.4 is 4.72 Å². The van der Waals surface area contributed by atoms with Crippen molar-refractivity contribution < 1.29 is 26.7 Å². The third-order valence-electron chi connectivity index (χ3n) is 3.10. The van der Waals surface area contributed by atoms with Crippen molar-refractivity contribution in [3.05, 3.63) is 29.8 Å². The van der Waals surface area contributed by atoms with Gasteiger partial charge in [0.15, 0.2) is 9.84 Å². The number of nitrogens with one attached hydrogen (secondary N) is 1. The molecule has 0 aliphatic rings. The highest BCUT2D eigenvalue weighted by Gasteiger charge is 2.31. The van der Waals surface area contributed by atoms with Gasteiger partial charge in [0.2, 0.25) is 10.0 Å². The Morgan fingerprint density at radius 1 is 1.14 bits per heavy atom. The van der Waals surface area contributed by atoms with Gasteiger partial charge in [-0.25, -0.2) is 26.4 Å². The number of rotatable bonds is 6. The summed E-state index contributed by atoms with van der Waals surface area (Å²) >= 11 is 0. The fraction of sp³-hybridized carbons (Fsp3) is 0.417. The second-order valence-electron chi connectivity index (χ2n) is 5.19. The number of hydrogen-bond acceptors (Lipinski definition) is 5. The number of carboxylic acid groups (broad SMARTS) is 1. The lowest BCUT2D eigenvalue weighted by molar-refractivity contribution is 0.0696. The Bertz CT molecular complexity index is 732. The lowest BCUT2D eigenvalue weighted by Gasteiger charge is -2.22. The first-order valence-electron chi connectivity index (χ1n) is 5.89. The fourth-order valence-corrected chi connectivity index (χ4v) is 2.90. The van der Waals surface area contributed by atoms with E-state index in [1.54, 1.807) is 0 Å². The van der Waals surface area contributed by atoms with Crippen LogP contribution in [0.2, 0.25) is 0 Å². The fourth-order valence-electron chi connectivity index (χ4n) is 1.26. The Morgan fingerprint density at radius 2 is 1.62 bits per heavy atom. The smallest absolute Gasteiger partial charge is 0.335 e. The Hall–Kier alpha value is -1.45. The van der Waals surface area contributed by atoms with Crippen molar-refractivity contribution in [2.45, 2.75) is 23.5 Å². The number of aromatic carboxylic acids is 1. The Morgan fingerprint density at radius 3 is 2.00 bits per heavy atom. The maximum atomic E-state index is 12.0. The van der Waals surface area contributed by atoms with Gasteiger partial charge < -0.3 is 5.11 Å². The van der Waals surface area contributed by atoms with Gasteiger partial charge in [0.25, 0.3) is 0 Å². The number of carboxylic acids is 1. The van der Waals surface area contributed by atoms with Crippen LogP contribution in [0.5, 0.6) is 0 Å². The highest BCUT2D eigenvalue weighted by atomic mass is 32.2. The first-order valence-corrected chi connectivity index (χ1v) is 9.27. The van der Waals surface area contributed by atoms with Gasteiger partial charge in [0.05, 0.1) is 15.2 Å². The van der Waals surface area contributed by atoms with E-state index < -0.39 is 30.6 Å². The van der Waals surface area contributed by atoms with Crippen LogP contribution in [0.3, 0.4) is 0 Å². The molecule has 0 fully saturated rings. The monoisotopic (exact) mass is 335 g/mol. The summed E-state index contributed by atoms with van der Waals surface area (Å²) in [6.07, 6.45) is 1.03. The standard InChI is InChI=1S/C12H17NO6S2/c1-12(2,20(3,16)17)8-13-21(18,19)10-6-4-9(5-7-10)11(14)15/h4-7,13H,8H2,1-3H3,(H,14,15). The Balaban J connectivity index is 2.95. The number of carbonyl (C=O) groups is 1. The molecule has 0 spiro atoms. The van der Waals surface area contributed by atoms with E-state index in [1.165, 1.54) is 26.0 Å². The number of sulfonamides is 1. The number of hydrogen-bond donors (Lipinski definition) is 2. The largest absolute Gasteiger partial charge is 0.478 e. The van der Waals surface area contributed by atoms with E-state index in [0.29, 0.717) is 0 Å². The minimum absolute atomic E-state index is 0.0367. The molecule has 118 valence electrons. The van der Waals surface area contributed by atoms with E-state index in [0.717, 1.165) is 18.4 Å². The molecule has 0 aliphatic carbocycles. The van der Waals surface area contributed by atoms with Crippen LogP contribution in [0.1, 0.15) is 24.2 Å². The van der Waals surface area contributed by atoms with Crippen molar-refractivity contribution in [1.29, 1.82) is 0 Å². The third kappa shape index (κ3) is 4.26. The van der Waals surface area contributed by atoms with Crippen LogP contribution in [-0.2, 0) is 19.9 Å². The average molecular weight is 335 g/mol. The summed E-state index contributed by atoms with van der Waals surface area (Å²) in [5.41, 5.74) is -0.0367. The Labute approximate surface area is 124 Å². The van der Waals surface area contributed by atoms with Crippen LogP contribution in [0.15, 0.2) is 29.2 Å². The van der Waals surface area contributed by atoms with Gasteiger partial charge in [-0.15, -0.1) is 0 Å². The summed E-state index contributed by atoms with van der Waals surface area (Å²) in [4.78, 5) is 10.6. The molecule has 1 aromatic carbocycles. The molecule has 0 radical (unpaired) electrons. The molecule has 0 atom stereocenters. The molecule has 0 aliphatic heterocycles. The maximum Gasteiger partial charge on any atom is 0.335 e. The third-order valence-corrected chi connectivity index (χ3v) is 6.67. The first kappa shape index (κ1) is 17.6. The summed E-state index contributed by atoms with van der Waals surface area (Å²) in [6.45, 7) is 2.55. The molecule has 0 saturated carbocycles. The molecule has 0 unspecified atom stereocenters. The van der Waals surface area contributed by atoms with Crippen molar-refractivity contribution >= 4 is 25.8 Å². The SMILES string of the molecule is CC(C)(CNS(=O)(=O)c1ccc(C(=O)O)cc1)S(C)(=O)=O. The molecule has 0 bridgehead atoms. The van der Waals surface area contributed by atoms with Gasteiger partial charge in [-0.1, -0.05) is 0 Å². The van der Waals surface area contributed by atoms with Crippen LogP contribution in [-0.4, -0.2) is 45.5 Å². The molecule has 9 heteroatoms. The minimum atomic E-state index is -3.90. The summed E-state index contributed by atoms with van der Waals surface area (Å²) in [5.74, 6) is -1.16. The van der Waals surface area contributed by atoms with Crippen molar-refractivity contribution in [1.82, 2.24) is 4.72 Å². The van der Waals surface area contributed by atoms with Gasteiger partial charge in [-0.2, -0.15) is 0 Å². The van der Waals surface area contributed by atoms with Crippen molar-refractivity contribution in [3.8, 4) is 0 Å². The van der Waals surface area contributed by atoms with Gasteiger partial charge in [0, 0.05) is 12.8 Å². The summed E-state index contributed by atoms with van der Waals surface area (Å²) in [6, 6.07) is 4.63. The average Bonchev–Trinajstić information content (AvgIpc) is 2.35. The van der Waals surface area contributed by atoms with Crippen LogP contribution in [0.4, 0.5) is 0 Å². The molecule has 2 N–H and O–H groups in total. The van der Waals surface area contributed by atoms with E-state index >= 15 is 0 Å². The van der Waals surface area contributed by atoms with Crippen LogP contribution >= 0.6 is 0 Å². The zero-order valence-electron chi connectivity index (χ0n) is 11.8. The molecule has 7 nitrogen and oxygen atoms in total. The first-order chi connectivity index (χ1) is 9.37. The predicted octanol–water partition coefficient (Wildman–Crippen LogP) is 0.486. The second kappa shape index (κ2) is 5.74. The van der Waals surface area contributed by atoms with Crippen molar-refractivity contribution in [2.24, 2.45) is 0 Å². The van der Waals surface area contributed by atoms with Gasteiger partial charge in [-0.3, -0.25) is 0 Å². The zero-order valence-corrected chi connectivity index (χ0v) is 13.5. The molecular formula is C12H17NO6S2. The van der Waals surface area contributed by atoms with E-state index in [-0.39, 0.29) is 17.0 Å². The molecular weight excluding hydrogens is 318 g/mol. The molecule has 21 heavy (non-hydrogen) atoms. The molecule has 0 heterocycles. The predicted molar refractivity (Wildman–Crippen MR) is 77.5 cm³/mol. The molecule has 1 aromatic rings. The molecule has 0 amide bonds. The summed E-state index contributed by atoms with van der Waals surface area (Å²) < 4.78 is 48.1. The topological polar surface area (TPSA) is 118 Å². The summed E-state index contributed by atoms with van der Waals surface area (Å²) in [7, 11) is -7.33. The lowest BCUT2D eigenvalue weighted by atomic mass is 10.2. The van der Waals surface area contributed by atoms with Crippen LogP contribution in [0.25, 0.3) is 0 Å². The molecule has 0 saturated heterocycles. The zero-order chi connectivity index (χ0) is 16.5. The van der Waals surface area contributed by atoms with Gasteiger partial charge in [-0.05, 0) is 38.1 Å². The van der Waals surface area contributed by atoms with Gasteiger partial charge in [0.1, 0.15) is 0 Å². The second-order valence-corrected chi connectivity index (χ2v) is 9.60. The highest BCUT2D eigenvalue weighted by Crippen LogP contribution is 2.16. The van der Waals surface area contributed by atoms with Crippen LogP contribution in [0, 0.1) is 0 Å². The quantitative estimate of drug-likeness (QED) is 0.781. The molecule has 0 aromatic heterocycles. The number of benzene rings is 1. The van der Waals surface area contributed by atoms with E-state index in [1.807, 2.05) is 0 Å². The molecule has 1 rings (SSSR count). The Kier molecular flexibility index (Phi) is 4.81. The minimum Gasteiger partial charge on any atom is -0.478 e. The van der Waals surface area contributed by atoms with Gasteiger partial charge >= 0.3 is 5.97 Å². The lowest BCUT2D eigenvalue weighted by Crippen LogP contribution is -2.43. The maximum absolute atomic E-state index is 12.0. The van der Waals surface area contributed by atoms with Crippen molar-refractivity contribution in [3.63, 3.8) is 0 Å². The summed E-state index contributed by atoms with van der Waals surface area (Å²) in [5, 5.41) is 8.75. The van der Waals surface area contributed by atoms with Crippen molar-refractivity contribution in [2.75, 3.05) is 12.8 Å². The van der Waals surface area contributed by atoms with E-state index in [2.05, 4.69) is 4.72 Å². The highest BCUT2D eigenvalue weighted by molar-refractivity contribution is 7.92.